The van der Waals surface area contributed by atoms with Gasteiger partial charge in [-0.2, -0.15) is 0 Å². The van der Waals surface area contributed by atoms with Crippen LogP contribution in [0.15, 0.2) is 45.6 Å². The number of rotatable bonds is 1. The van der Waals surface area contributed by atoms with E-state index in [-0.39, 0.29) is 34.0 Å². The minimum atomic E-state index is -0.300. The van der Waals surface area contributed by atoms with Crippen molar-refractivity contribution in [3.8, 4) is 28.6 Å². The van der Waals surface area contributed by atoms with Crippen LogP contribution < -0.4 is 5.43 Å². The molecule has 0 bridgehead atoms. The van der Waals surface area contributed by atoms with Gasteiger partial charge in [-0.05, 0) is 37.3 Å². The second-order valence-corrected chi connectivity index (χ2v) is 4.77. The Morgan fingerprint density at radius 3 is 2.43 bits per heavy atom. The normalized spacial score (nSPS) is 10.9. The van der Waals surface area contributed by atoms with Gasteiger partial charge in [0, 0.05) is 17.2 Å². The van der Waals surface area contributed by atoms with Gasteiger partial charge in [-0.3, -0.25) is 4.79 Å². The number of phenolic OH excluding ortho intramolecular Hbond substituents is 3. The maximum Gasteiger partial charge on any atom is 0.196 e. The summed E-state index contributed by atoms with van der Waals surface area (Å²) >= 11 is 0. The van der Waals surface area contributed by atoms with Gasteiger partial charge in [0.15, 0.2) is 16.9 Å². The molecule has 2 aromatic carbocycles. The number of fused-ring (bicyclic) bond motifs is 1. The average Bonchev–Trinajstić information content (AvgIpc) is 2.45. The molecule has 0 saturated carbocycles. The van der Waals surface area contributed by atoms with Crippen LogP contribution in [0.5, 0.6) is 17.2 Å². The first-order chi connectivity index (χ1) is 9.97. The summed E-state index contributed by atoms with van der Waals surface area (Å²) in [6, 6.07) is 8.45. The van der Waals surface area contributed by atoms with E-state index in [2.05, 4.69) is 0 Å². The molecule has 1 heterocycles. The van der Waals surface area contributed by atoms with E-state index < -0.39 is 0 Å². The van der Waals surface area contributed by atoms with Crippen molar-refractivity contribution < 1.29 is 19.7 Å². The predicted molar refractivity (Wildman–Crippen MR) is 77.7 cm³/mol. The first kappa shape index (κ1) is 13.1. The lowest BCUT2D eigenvalue weighted by atomic mass is 10.1. The summed E-state index contributed by atoms with van der Waals surface area (Å²) in [5.41, 5.74) is 0.899. The topological polar surface area (TPSA) is 90.9 Å². The standard InChI is InChI=1S/C16H12O5/c1-8-15(20)11-4-3-10(17)7-14(11)21-16(8)9-2-5-12(18)13(19)6-9/h2-7,17-19H,1H3. The van der Waals surface area contributed by atoms with E-state index >= 15 is 0 Å². The van der Waals surface area contributed by atoms with E-state index in [0.29, 0.717) is 16.5 Å². The van der Waals surface area contributed by atoms with Gasteiger partial charge in [0.1, 0.15) is 17.1 Å². The van der Waals surface area contributed by atoms with Gasteiger partial charge >= 0.3 is 0 Å². The van der Waals surface area contributed by atoms with Gasteiger partial charge in [0.05, 0.1) is 5.39 Å². The maximum atomic E-state index is 12.3. The SMILES string of the molecule is Cc1c(-c2ccc(O)c(O)c2)oc2cc(O)ccc2c1=O. The minimum Gasteiger partial charge on any atom is -0.508 e. The van der Waals surface area contributed by atoms with Crippen LogP contribution in [-0.4, -0.2) is 15.3 Å². The number of aromatic hydroxyl groups is 3. The maximum absolute atomic E-state index is 12.3. The zero-order valence-corrected chi connectivity index (χ0v) is 11.1. The third-order valence-corrected chi connectivity index (χ3v) is 3.34. The molecule has 0 unspecified atom stereocenters. The summed E-state index contributed by atoms with van der Waals surface area (Å²) in [6.45, 7) is 1.62. The third-order valence-electron chi connectivity index (χ3n) is 3.34. The molecule has 0 atom stereocenters. The van der Waals surface area contributed by atoms with E-state index in [4.69, 9.17) is 4.42 Å². The molecule has 0 aliphatic heterocycles. The van der Waals surface area contributed by atoms with Crippen LogP contribution in [0.1, 0.15) is 5.56 Å². The highest BCUT2D eigenvalue weighted by Crippen LogP contribution is 2.33. The Morgan fingerprint density at radius 1 is 0.952 bits per heavy atom. The van der Waals surface area contributed by atoms with Crippen molar-refractivity contribution in [3.63, 3.8) is 0 Å². The number of phenols is 3. The summed E-state index contributed by atoms with van der Waals surface area (Å²) < 4.78 is 5.68. The van der Waals surface area contributed by atoms with Crippen molar-refractivity contribution in [2.24, 2.45) is 0 Å². The molecule has 5 heteroatoms. The molecule has 21 heavy (non-hydrogen) atoms. The fourth-order valence-corrected chi connectivity index (χ4v) is 2.21. The monoisotopic (exact) mass is 284 g/mol. The Kier molecular flexibility index (Phi) is 2.83. The summed E-state index contributed by atoms with van der Waals surface area (Å²) in [5.74, 6) is -0.273. The van der Waals surface area contributed by atoms with Crippen LogP contribution in [0.4, 0.5) is 0 Å². The first-order valence-corrected chi connectivity index (χ1v) is 6.26. The molecule has 0 aliphatic rings. The van der Waals surface area contributed by atoms with Gasteiger partial charge in [-0.15, -0.1) is 0 Å². The Hall–Kier alpha value is -2.95. The molecule has 0 saturated heterocycles. The van der Waals surface area contributed by atoms with Crippen LogP contribution in [0.3, 0.4) is 0 Å². The Bertz CT molecular complexity index is 908. The molecule has 3 rings (SSSR count). The van der Waals surface area contributed by atoms with Crippen molar-refractivity contribution in [1.82, 2.24) is 0 Å². The van der Waals surface area contributed by atoms with Crippen molar-refractivity contribution >= 4 is 11.0 Å². The predicted octanol–water partition coefficient (Wildman–Crippen LogP) is 2.89. The molecule has 0 amide bonds. The first-order valence-electron chi connectivity index (χ1n) is 6.26. The molecule has 5 nitrogen and oxygen atoms in total. The zero-order chi connectivity index (χ0) is 15.1. The molecule has 3 aromatic rings. The molecule has 1 aromatic heterocycles. The smallest absolute Gasteiger partial charge is 0.196 e. The van der Waals surface area contributed by atoms with Gasteiger partial charge in [-0.25, -0.2) is 0 Å². The van der Waals surface area contributed by atoms with Crippen LogP contribution in [-0.2, 0) is 0 Å². The van der Waals surface area contributed by atoms with Gasteiger partial charge < -0.3 is 19.7 Å². The average molecular weight is 284 g/mol. The van der Waals surface area contributed by atoms with E-state index in [1.165, 1.54) is 36.4 Å². The van der Waals surface area contributed by atoms with E-state index in [9.17, 15) is 20.1 Å². The van der Waals surface area contributed by atoms with E-state index in [1.807, 2.05) is 0 Å². The molecular weight excluding hydrogens is 272 g/mol. The second-order valence-electron chi connectivity index (χ2n) is 4.77. The van der Waals surface area contributed by atoms with Crippen molar-refractivity contribution in [1.29, 1.82) is 0 Å². The minimum absolute atomic E-state index is 0.00555. The summed E-state index contributed by atoms with van der Waals surface area (Å²) in [5, 5.41) is 28.8. The largest absolute Gasteiger partial charge is 0.508 e. The molecular formula is C16H12O5. The van der Waals surface area contributed by atoms with Crippen LogP contribution >= 0.6 is 0 Å². The Balaban J connectivity index is 2.34. The van der Waals surface area contributed by atoms with Gasteiger partial charge in [-0.1, -0.05) is 0 Å². The number of hydrogen-bond donors (Lipinski definition) is 3. The van der Waals surface area contributed by atoms with Crippen LogP contribution in [0, 0.1) is 6.92 Å². The van der Waals surface area contributed by atoms with Gasteiger partial charge in [0.25, 0.3) is 0 Å². The summed E-state index contributed by atoms with van der Waals surface area (Å²) in [4.78, 5) is 12.3. The fraction of sp³-hybridized carbons (Fsp3) is 0.0625. The highest BCUT2D eigenvalue weighted by molar-refractivity contribution is 5.81. The molecule has 0 aliphatic carbocycles. The van der Waals surface area contributed by atoms with E-state index in [1.54, 1.807) is 6.92 Å². The summed E-state index contributed by atoms with van der Waals surface area (Å²) in [6.07, 6.45) is 0. The zero-order valence-electron chi connectivity index (χ0n) is 11.1. The molecule has 0 fully saturated rings. The quantitative estimate of drug-likeness (QED) is 0.598. The highest BCUT2D eigenvalue weighted by atomic mass is 16.3. The second kappa shape index (κ2) is 4.56. The lowest BCUT2D eigenvalue weighted by Crippen LogP contribution is -2.07. The molecule has 3 N–H and O–H groups in total. The van der Waals surface area contributed by atoms with Crippen molar-refractivity contribution in [3.05, 3.63) is 52.2 Å². The van der Waals surface area contributed by atoms with Crippen molar-refractivity contribution in [2.45, 2.75) is 6.92 Å². The summed E-state index contributed by atoms with van der Waals surface area (Å²) in [7, 11) is 0. The molecule has 0 spiro atoms. The van der Waals surface area contributed by atoms with Gasteiger partial charge in [0.2, 0.25) is 0 Å². The van der Waals surface area contributed by atoms with Crippen LogP contribution in [0.25, 0.3) is 22.3 Å². The lowest BCUT2D eigenvalue weighted by Gasteiger charge is -2.08. The Morgan fingerprint density at radius 2 is 1.71 bits per heavy atom. The number of benzene rings is 2. The number of hydrogen-bond acceptors (Lipinski definition) is 5. The van der Waals surface area contributed by atoms with E-state index in [0.717, 1.165) is 0 Å². The lowest BCUT2D eigenvalue weighted by molar-refractivity contribution is 0.404. The Labute approximate surface area is 119 Å². The fourth-order valence-electron chi connectivity index (χ4n) is 2.21. The molecule has 106 valence electrons. The van der Waals surface area contributed by atoms with Crippen LogP contribution in [0.2, 0.25) is 0 Å². The van der Waals surface area contributed by atoms with Crippen molar-refractivity contribution in [2.75, 3.05) is 0 Å². The molecule has 0 radical (unpaired) electrons. The third kappa shape index (κ3) is 2.08. The highest BCUT2D eigenvalue weighted by Gasteiger charge is 2.14.